The summed E-state index contributed by atoms with van der Waals surface area (Å²) in [4.78, 5) is 36.3. The van der Waals surface area contributed by atoms with E-state index >= 15 is 0 Å². The van der Waals surface area contributed by atoms with Crippen LogP contribution in [0.3, 0.4) is 0 Å². The Morgan fingerprint density at radius 1 is 0.886 bits per heavy atom. The lowest BCUT2D eigenvalue weighted by atomic mass is 10.0. The number of non-ortho nitro benzene ring substituents is 1. The number of hydrogen-bond donors (Lipinski definition) is 1. The van der Waals surface area contributed by atoms with Crippen molar-refractivity contribution in [2.45, 2.75) is 6.61 Å². The second-order valence-electron chi connectivity index (χ2n) is 7.89. The third-order valence-corrected chi connectivity index (χ3v) is 5.67. The van der Waals surface area contributed by atoms with Crippen molar-refractivity contribution in [2.75, 3.05) is 5.01 Å². The molecule has 1 aliphatic heterocycles. The Kier molecular flexibility index (Phi) is 5.68. The van der Waals surface area contributed by atoms with E-state index < -0.39 is 16.7 Å². The molecule has 35 heavy (non-hydrogen) atoms. The van der Waals surface area contributed by atoms with Crippen molar-refractivity contribution >= 4 is 40.0 Å². The van der Waals surface area contributed by atoms with E-state index in [-0.39, 0.29) is 17.9 Å². The van der Waals surface area contributed by atoms with Gasteiger partial charge in [-0.1, -0.05) is 48.5 Å². The first-order chi connectivity index (χ1) is 17.0. The van der Waals surface area contributed by atoms with E-state index in [4.69, 9.17) is 4.74 Å². The van der Waals surface area contributed by atoms with Gasteiger partial charge in [-0.2, -0.15) is 0 Å². The standard InChI is InChI=1S/C27H19N3O5/c31-26-24(27(32)29(28-26)20-7-2-1-3-8-20)16-23-22-9-5-4-6-19(22)12-15-25(23)35-17-18-10-13-21(14-11-18)30(33)34/h1-16H,17H2,(H,28,31). The van der Waals surface area contributed by atoms with E-state index in [0.717, 1.165) is 16.3 Å². The van der Waals surface area contributed by atoms with Gasteiger partial charge in [-0.15, -0.1) is 0 Å². The van der Waals surface area contributed by atoms with Crippen LogP contribution in [0.5, 0.6) is 5.75 Å². The quantitative estimate of drug-likeness (QED) is 0.191. The molecule has 1 fully saturated rings. The van der Waals surface area contributed by atoms with Gasteiger partial charge in [0, 0.05) is 17.7 Å². The Balaban J connectivity index is 1.50. The molecule has 2 amide bonds. The van der Waals surface area contributed by atoms with Gasteiger partial charge in [0.05, 0.1) is 10.6 Å². The minimum atomic E-state index is -0.506. The highest BCUT2D eigenvalue weighted by molar-refractivity contribution is 6.32. The smallest absolute Gasteiger partial charge is 0.282 e. The van der Waals surface area contributed by atoms with Crippen LogP contribution in [-0.4, -0.2) is 16.7 Å². The number of nitro benzene ring substituents is 1. The lowest BCUT2D eigenvalue weighted by Gasteiger charge is -2.14. The Labute approximate surface area is 200 Å². The molecule has 172 valence electrons. The van der Waals surface area contributed by atoms with Crippen LogP contribution >= 0.6 is 0 Å². The second kappa shape index (κ2) is 9.11. The fraction of sp³-hybridized carbons (Fsp3) is 0.0370. The number of carbonyl (C=O) groups is 2. The maximum Gasteiger partial charge on any atom is 0.282 e. The van der Waals surface area contributed by atoms with Gasteiger partial charge in [-0.05, 0) is 52.7 Å². The Morgan fingerprint density at radius 3 is 2.34 bits per heavy atom. The van der Waals surface area contributed by atoms with Crippen LogP contribution in [0.15, 0.2) is 96.6 Å². The van der Waals surface area contributed by atoms with Gasteiger partial charge in [-0.25, -0.2) is 5.01 Å². The number of benzene rings is 4. The normalized spacial score (nSPS) is 14.4. The molecule has 0 aliphatic carbocycles. The molecular weight excluding hydrogens is 446 g/mol. The number of anilines is 1. The SMILES string of the molecule is O=C1NN(c2ccccc2)C(=O)C1=Cc1c(OCc2ccc([N+](=O)[O-])cc2)ccc2ccccc12. The maximum absolute atomic E-state index is 13.1. The number of fused-ring (bicyclic) bond motifs is 1. The fourth-order valence-electron chi connectivity index (χ4n) is 3.89. The third-order valence-electron chi connectivity index (χ3n) is 5.67. The molecule has 8 nitrogen and oxygen atoms in total. The van der Waals surface area contributed by atoms with E-state index in [0.29, 0.717) is 17.0 Å². The molecule has 1 saturated heterocycles. The van der Waals surface area contributed by atoms with Crippen molar-refractivity contribution in [1.82, 2.24) is 5.43 Å². The number of hydrogen-bond acceptors (Lipinski definition) is 5. The van der Waals surface area contributed by atoms with Gasteiger partial charge in [0.1, 0.15) is 17.9 Å². The van der Waals surface area contributed by atoms with Gasteiger partial charge in [0.25, 0.3) is 17.5 Å². The largest absolute Gasteiger partial charge is 0.488 e. The van der Waals surface area contributed by atoms with Gasteiger partial charge in [0.2, 0.25) is 0 Å². The van der Waals surface area contributed by atoms with Crippen LogP contribution in [0, 0.1) is 10.1 Å². The number of ether oxygens (including phenoxy) is 1. The van der Waals surface area contributed by atoms with Crippen molar-refractivity contribution in [3.63, 3.8) is 0 Å². The monoisotopic (exact) mass is 465 g/mol. The van der Waals surface area contributed by atoms with Gasteiger partial charge in [0.15, 0.2) is 0 Å². The van der Waals surface area contributed by atoms with E-state index in [2.05, 4.69) is 5.43 Å². The van der Waals surface area contributed by atoms with E-state index in [9.17, 15) is 19.7 Å². The lowest BCUT2D eigenvalue weighted by Crippen LogP contribution is -2.35. The molecular formula is C27H19N3O5. The molecule has 0 bridgehead atoms. The molecule has 4 aromatic rings. The second-order valence-corrected chi connectivity index (χ2v) is 7.89. The first-order valence-electron chi connectivity index (χ1n) is 10.8. The Bertz CT molecular complexity index is 1480. The average molecular weight is 465 g/mol. The van der Waals surface area contributed by atoms with E-state index in [1.165, 1.54) is 17.1 Å². The Hall–Kier alpha value is -4.98. The highest BCUT2D eigenvalue weighted by atomic mass is 16.6. The molecule has 1 heterocycles. The van der Waals surface area contributed by atoms with Gasteiger partial charge >= 0.3 is 0 Å². The average Bonchev–Trinajstić information content (AvgIpc) is 3.17. The first-order valence-corrected chi connectivity index (χ1v) is 10.8. The third kappa shape index (κ3) is 4.32. The number of nitro groups is 1. The maximum atomic E-state index is 13.1. The summed E-state index contributed by atoms with van der Waals surface area (Å²) in [6.45, 7) is 0.156. The number of amides is 2. The molecule has 1 aliphatic rings. The minimum absolute atomic E-state index is 0.00129. The summed E-state index contributed by atoms with van der Waals surface area (Å²) in [5.74, 6) is -0.489. The van der Waals surface area contributed by atoms with Crippen molar-refractivity contribution in [3.05, 3.63) is 118 Å². The predicted octanol–water partition coefficient (Wildman–Crippen LogP) is 4.79. The first kappa shape index (κ1) is 21.8. The van der Waals surface area contributed by atoms with Crippen LogP contribution in [0.4, 0.5) is 11.4 Å². The highest BCUT2D eigenvalue weighted by Crippen LogP contribution is 2.32. The predicted molar refractivity (Wildman–Crippen MR) is 131 cm³/mol. The van der Waals surface area contributed by atoms with Crippen molar-refractivity contribution in [2.24, 2.45) is 0 Å². The molecule has 0 aromatic heterocycles. The number of carbonyl (C=O) groups excluding carboxylic acids is 2. The van der Waals surface area contributed by atoms with E-state index in [1.807, 2.05) is 36.4 Å². The van der Waals surface area contributed by atoms with Gasteiger partial charge < -0.3 is 4.74 Å². The summed E-state index contributed by atoms with van der Waals surface area (Å²) >= 11 is 0. The molecule has 8 heteroatoms. The molecule has 0 atom stereocenters. The highest BCUT2D eigenvalue weighted by Gasteiger charge is 2.34. The molecule has 0 unspecified atom stereocenters. The number of para-hydroxylation sites is 1. The summed E-state index contributed by atoms with van der Waals surface area (Å²) in [7, 11) is 0. The number of rotatable bonds is 6. The van der Waals surface area contributed by atoms with Crippen molar-refractivity contribution in [3.8, 4) is 5.75 Å². The topological polar surface area (TPSA) is 102 Å². The molecule has 1 N–H and O–H groups in total. The molecule has 0 saturated carbocycles. The van der Waals surface area contributed by atoms with E-state index in [1.54, 1.807) is 48.5 Å². The molecule has 0 spiro atoms. The summed E-state index contributed by atoms with van der Waals surface area (Å²) in [6.07, 6.45) is 1.55. The van der Waals surface area contributed by atoms with Gasteiger partial charge in [-0.3, -0.25) is 25.1 Å². The number of nitrogens with one attached hydrogen (secondary N) is 1. The van der Waals surface area contributed by atoms with Crippen LogP contribution in [0.25, 0.3) is 16.8 Å². The molecule has 5 rings (SSSR count). The summed E-state index contributed by atoms with van der Waals surface area (Å²) in [6, 6.07) is 26.2. The number of hydrazine groups is 1. The molecule has 0 radical (unpaired) electrons. The Morgan fingerprint density at radius 2 is 1.60 bits per heavy atom. The zero-order valence-electron chi connectivity index (χ0n) is 18.4. The summed E-state index contributed by atoms with van der Waals surface area (Å²) < 4.78 is 6.05. The van der Waals surface area contributed by atoms with Crippen LogP contribution in [0.1, 0.15) is 11.1 Å². The van der Waals surface area contributed by atoms with Crippen molar-refractivity contribution in [1.29, 1.82) is 0 Å². The van der Waals surface area contributed by atoms with Crippen LogP contribution < -0.4 is 15.2 Å². The van der Waals surface area contributed by atoms with Crippen molar-refractivity contribution < 1.29 is 19.2 Å². The lowest BCUT2D eigenvalue weighted by molar-refractivity contribution is -0.384. The van der Waals surface area contributed by atoms with Crippen LogP contribution in [-0.2, 0) is 16.2 Å². The zero-order chi connectivity index (χ0) is 24.4. The minimum Gasteiger partial charge on any atom is -0.488 e. The fourth-order valence-corrected chi connectivity index (χ4v) is 3.89. The molecule has 4 aromatic carbocycles. The number of nitrogens with zero attached hydrogens (tertiary/aromatic N) is 2. The summed E-state index contributed by atoms with van der Waals surface area (Å²) in [5, 5.41) is 13.9. The van der Waals surface area contributed by atoms with Crippen LogP contribution in [0.2, 0.25) is 0 Å². The summed E-state index contributed by atoms with van der Waals surface area (Å²) in [5.41, 5.74) is 4.50. The zero-order valence-corrected chi connectivity index (χ0v) is 18.4.